The van der Waals surface area contributed by atoms with Gasteiger partial charge < -0.3 is 11.1 Å². The Kier molecular flexibility index (Phi) is 4.73. The van der Waals surface area contributed by atoms with Gasteiger partial charge in [-0.1, -0.05) is 48.5 Å². The molecule has 0 saturated heterocycles. The van der Waals surface area contributed by atoms with Crippen molar-refractivity contribution in [1.82, 2.24) is 15.1 Å². The molecule has 1 unspecified atom stereocenters. The second-order valence-corrected chi connectivity index (χ2v) is 7.05. The fourth-order valence-corrected chi connectivity index (χ4v) is 3.25. The van der Waals surface area contributed by atoms with E-state index in [0.29, 0.717) is 29.8 Å². The molecule has 1 aliphatic carbocycles. The summed E-state index contributed by atoms with van der Waals surface area (Å²) in [7, 11) is 0. The van der Waals surface area contributed by atoms with Crippen LogP contribution in [0.15, 0.2) is 59.4 Å². The van der Waals surface area contributed by atoms with E-state index in [-0.39, 0.29) is 23.2 Å². The molecule has 3 N–H and O–H groups in total. The summed E-state index contributed by atoms with van der Waals surface area (Å²) in [6, 6.07) is 16.6. The molecule has 3 aromatic rings. The minimum absolute atomic E-state index is 0.0320. The quantitative estimate of drug-likeness (QED) is 0.701. The maximum Gasteiger partial charge on any atom is 0.274 e. The van der Waals surface area contributed by atoms with Gasteiger partial charge in [0.15, 0.2) is 5.69 Å². The molecule has 6 heteroatoms. The number of fused-ring (bicyclic) bond motifs is 1. The number of amides is 1. The SMILES string of the molecule is NC(CNC(=O)c1nn(Cc2ccccc2)c(=O)c2ccccc12)C1CC1. The standard InChI is InChI=1S/C21H22N4O2/c22-18(15-10-11-15)12-23-20(26)19-16-8-4-5-9-17(16)21(27)25(24-19)13-14-6-2-1-3-7-14/h1-9,15,18H,10-13,22H2,(H,23,26). The first-order chi connectivity index (χ1) is 13.1. The van der Waals surface area contributed by atoms with Crippen LogP contribution in [0.2, 0.25) is 0 Å². The zero-order valence-corrected chi connectivity index (χ0v) is 15.0. The van der Waals surface area contributed by atoms with E-state index in [1.807, 2.05) is 30.3 Å². The third kappa shape index (κ3) is 3.75. The summed E-state index contributed by atoms with van der Waals surface area (Å²) in [5.41, 5.74) is 7.08. The van der Waals surface area contributed by atoms with Gasteiger partial charge in [-0.3, -0.25) is 9.59 Å². The van der Waals surface area contributed by atoms with Crippen LogP contribution in [0.3, 0.4) is 0 Å². The average Bonchev–Trinajstić information content (AvgIpc) is 3.54. The van der Waals surface area contributed by atoms with Crippen LogP contribution < -0.4 is 16.6 Å². The number of nitrogens with zero attached hydrogens (tertiary/aromatic N) is 2. The van der Waals surface area contributed by atoms with Crippen LogP contribution in [0, 0.1) is 5.92 Å². The number of carbonyl (C=O) groups is 1. The number of hydrogen-bond acceptors (Lipinski definition) is 4. The zero-order chi connectivity index (χ0) is 18.8. The molecule has 138 valence electrons. The highest BCUT2D eigenvalue weighted by Crippen LogP contribution is 2.31. The normalized spacial score (nSPS) is 14.9. The van der Waals surface area contributed by atoms with Crippen LogP contribution in [0.4, 0.5) is 0 Å². The lowest BCUT2D eigenvalue weighted by Crippen LogP contribution is -2.39. The lowest BCUT2D eigenvalue weighted by atomic mass is 10.1. The summed E-state index contributed by atoms with van der Waals surface area (Å²) in [6.07, 6.45) is 2.25. The predicted octanol–water partition coefficient (Wildman–Crippen LogP) is 1.91. The molecule has 1 aromatic heterocycles. The summed E-state index contributed by atoms with van der Waals surface area (Å²) in [6.45, 7) is 0.726. The molecule has 1 aliphatic rings. The number of aromatic nitrogens is 2. The average molecular weight is 362 g/mol. The van der Waals surface area contributed by atoms with Crippen molar-refractivity contribution in [1.29, 1.82) is 0 Å². The molecule has 1 atom stereocenters. The first kappa shape index (κ1) is 17.4. The van der Waals surface area contributed by atoms with Gasteiger partial charge in [-0.2, -0.15) is 5.10 Å². The monoisotopic (exact) mass is 362 g/mol. The zero-order valence-electron chi connectivity index (χ0n) is 15.0. The van der Waals surface area contributed by atoms with Crippen LogP contribution >= 0.6 is 0 Å². The Morgan fingerprint density at radius 3 is 2.48 bits per heavy atom. The summed E-state index contributed by atoms with van der Waals surface area (Å²) in [5, 5.41) is 8.31. The van der Waals surface area contributed by atoms with Crippen molar-refractivity contribution in [2.75, 3.05) is 6.54 Å². The summed E-state index contributed by atoms with van der Waals surface area (Å²) in [4.78, 5) is 25.6. The van der Waals surface area contributed by atoms with E-state index in [9.17, 15) is 9.59 Å². The van der Waals surface area contributed by atoms with Gasteiger partial charge in [0.05, 0.1) is 11.9 Å². The highest BCUT2D eigenvalue weighted by molar-refractivity contribution is 6.04. The highest BCUT2D eigenvalue weighted by Gasteiger charge is 2.29. The number of carbonyl (C=O) groups excluding carboxylic acids is 1. The fraction of sp³-hybridized carbons (Fsp3) is 0.286. The highest BCUT2D eigenvalue weighted by atomic mass is 16.2. The van der Waals surface area contributed by atoms with Crippen molar-refractivity contribution < 1.29 is 4.79 Å². The van der Waals surface area contributed by atoms with E-state index in [1.165, 1.54) is 4.68 Å². The molecule has 1 amide bonds. The number of nitrogens with one attached hydrogen (secondary N) is 1. The van der Waals surface area contributed by atoms with Crippen LogP contribution in [-0.2, 0) is 6.54 Å². The molecule has 0 aliphatic heterocycles. The van der Waals surface area contributed by atoms with Gasteiger partial charge in [-0.15, -0.1) is 0 Å². The second-order valence-electron chi connectivity index (χ2n) is 7.05. The lowest BCUT2D eigenvalue weighted by molar-refractivity contribution is 0.0945. The number of benzene rings is 2. The number of rotatable bonds is 6. The molecule has 27 heavy (non-hydrogen) atoms. The van der Waals surface area contributed by atoms with Gasteiger partial charge in [0.2, 0.25) is 0 Å². The van der Waals surface area contributed by atoms with E-state index < -0.39 is 0 Å². The molecule has 1 fully saturated rings. The first-order valence-corrected chi connectivity index (χ1v) is 9.21. The molecule has 1 saturated carbocycles. The third-order valence-corrected chi connectivity index (χ3v) is 4.98. The maximum absolute atomic E-state index is 12.8. The minimum Gasteiger partial charge on any atom is -0.349 e. The Morgan fingerprint density at radius 2 is 1.78 bits per heavy atom. The molecule has 2 aromatic carbocycles. The predicted molar refractivity (Wildman–Crippen MR) is 105 cm³/mol. The van der Waals surface area contributed by atoms with E-state index in [2.05, 4.69) is 10.4 Å². The summed E-state index contributed by atoms with van der Waals surface area (Å²) < 4.78 is 1.35. The third-order valence-electron chi connectivity index (χ3n) is 4.98. The molecule has 1 heterocycles. The van der Waals surface area contributed by atoms with Gasteiger partial charge in [-0.05, 0) is 30.4 Å². The molecular formula is C21H22N4O2. The van der Waals surface area contributed by atoms with Crippen LogP contribution in [0.25, 0.3) is 10.8 Å². The van der Waals surface area contributed by atoms with E-state index >= 15 is 0 Å². The fourth-order valence-electron chi connectivity index (χ4n) is 3.25. The van der Waals surface area contributed by atoms with Gasteiger partial charge in [0, 0.05) is 18.0 Å². The van der Waals surface area contributed by atoms with Gasteiger partial charge >= 0.3 is 0 Å². The minimum atomic E-state index is -0.302. The van der Waals surface area contributed by atoms with Gasteiger partial charge in [-0.25, -0.2) is 4.68 Å². The molecule has 4 rings (SSSR count). The smallest absolute Gasteiger partial charge is 0.274 e. The van der Waals surface area contributed by atoms with Gasteiger partial charge in [0.25, 0.3) is 11.5 Å². The second kappa shape index (κ2) is 7.32. The molecule has 0 radical (unpaired) electrons. The molecular weight excluding hydrogens is 340 g/mol. The largest absolute Gasteiger partial charge is 0.349 e. The summed E-state index contributed by atoms with van der Waals surface area (Å²) >= 11 is 0. The molecule has 6 nitrogen and oxygen atoms in total. The summed E-state index contributed by atoms with van der Waals surface area (Å²) in [5.74, 6) is 0.200. The Labute approximate surface area is 157 Å². The number of nitrogens with two attached hydrogens (primary N) is 1. The van der Waals surface area contributed by atoms with Crippen LogP contribution in [-0.4, -0.2) is 28.3 Å². The van der Waals surface area contributed by atoms with Crippen molar-refractivity contribution in [2.45, 2.75) is 25.4 Å². The Bertz CT molecular complexity index is 1030. The maximum atomic E-state index is 12.8. The van der Waals surface area contributed by atoms with Crippen molar-refractivity contribution in [3.8, 4) is 0 Å². The van der Waals surface area contributed by atoms with Crippen LogP contribution in [0.5, 0.6) is 0 Å². The van der Waals surface area contributed by atoms with Crippen molar-refractivity contribution >= 4 is 16.7 Å². The van der Waals surface area contributed by atoms with Crippen LogP contribution in [0.1, 0.15) is 28.9 Å². The topological polar surface area (TPSA) is 90.0 Å². The van der Waals surface area contributed by atoms with E-state index in [1.54, 1.807) is 24.3 Å². The van der Waals surface area contributed by atoms with Crippen molar-refractivity contribution in [2.24, 2.45) is 11.7 Å². The molecule has 0 spiro atoms. The number of hydrogen-bond donors (Lipinski definition) is 2. The lowest BCUT2D eigenvalue weighted by Gasteiger charge is -2.14. The van der Waals surface area contributed by atoms with Crippen molar-refractivity contribution in [3.05, 3.63) is 76.2 Å². The van der Waals surface area contributed by atoms with Crippen molar-refractivity contribution in [3.63, 3.8) is 0 Å². The van der Waals surface area contributed by atoms with E-state index in [4.69, 9.17) is 5.73 Å². The Balaban J connectivity index is 1.68. The Hall–Kier alpha value is -2.99. The van der Waals surface area contributed by atoms with Gasteiger partial charge in [0.1, 0.15) is 0 Å². The Morgan fingerprint density at radius 1 is 1.11 bits per heavy atom. The molecule has 0 bridgehead atoms. The first-order valence-electron chi connectivity index (χ1n) is 9.21. The van der Waals surface area contributed by atoms with E-state index in [0.717, 1.165) is 18.4 Å².